The van der Waals surface area contributed by atoms with E-state index in [1.165, 1.54) is 16.9 Å². The van der Waals surface area contributed by atoms with Crippen molar-refractivity contribution >= 4 is 32.6 Å². The molecule has 0 spiro atoms. The standard InChI is InChI=1S/C19H16N4OS/c1-12-7-9-14(10-8-12)23-13(2)15(11-20-23)18(24)22-19-21-16-5-3-4-6-17(16)25-19/h3-11H,1-2H3,(H,21,22,24). The van der Waals surface area contributed by atoms with Gasteiger partial charge in [0, 0.05) is 0 Å². The van der Waals surface area contributed by atoms with Gasteiger partial charge in [-0.25, -0.2) is 9.67 Å². The van der Waals surface area contributed by atoms with Crippen LogP contribution < -0.4 is 5.32 Å². The third-order valence-electron chi connectivity index (χ3n) is 4.05. The van der Waals surface area contributed by atoms with Gasteiger partial charge >= 0.3 is 0 Å². The third-order valence-corrected chi connectivity index (χ3v) is 5.00. The molecular formula is C19H16N4OS. The van der Waals surface area contributed by atoms with Gasteiger partial charge < -0.3 is 0 Å². The van der Waals surface area contributed by atoms with Gasteiger partial charge in [0.05, 0.1) is 33.4 Å². The lowest BCUT2D eigenvalue weighted by Crippen LogP contribution is -2.12. The summed E-state index contributed by atoms with van der Waals surface area (Å²) in [5.74, 6) is -0.199. The van der Waals surface area contributed by atoms with Crippen molar-refractivity contribution in [2.75, 3.05) is 5.32 Å². The Morgan fingerprint density at radius 2 is 1.84 bits per heavy atom. The molecule has 0 saturated heterocycles. The number of benzene rings is 2. The molecule has 0 fully saturated rings. The van der Waals surface area contributed by atoms with Crippen molar-refractivity contribution in [3.8, 4) is 5.69 Å². The van der Waals surface area contributed by atoms with Crippen molar-refractivity contribution in [1.29, 1.82) is 0 Å². The molecule has 124 valence electrons. The maximum absolute atomic E-state index is 12.6. The van der Waals surface area contributed by atoms with Crippen LogP contribution in [-0.2, 0) is 0 Å². The molecule has 1 N–H and O–H groups in total. The number of anilines is 1. The van der Waals surface area contributed by atoms with E-state index in [0.29, 0.717) is 10.7 Å². The molecule has 2 aromatic carbocycles. The van der Waals surface area contributed by atoms with E-state index in [-0.39, 0.29) is 5.91 Å². The van der Waals surface area contributed by atoms with E-state index in [4.69, 9.17) is 0 Å². The normalized spacial score (nSPS) is 11.0. The van der Waals surface area contributed by atoms with E-state index in [2.05, 4.69) is 15.4 Å². The Morgan fingerprint density at radius 3 is 2.60 bits per heavy atom. The van der Waals surface area contributed by atoms with Gasteiger partial charge in [0.2, 0.25) is 0 Å². The second kappa shape index (κ2) is 6.14. The highest BCUT2D eigenvalue weighted by Crippen LogP contribution is 2.26. The second-order valence-corrected chi connectivity index (χ2v) is 6.86. The van der Waals surface area contributed by atoms with Gasteiger partial charge in [-0.05, 0) is 38.1 Å². The molecule has 4 rings (SSSR count). The summed E-state index contributed by atoms with van der Waals surface area (Å²) in [6.45, 7) is 3.93. The molecule has 0 aliphatic heterocycles. The Bertz CT molecular complexity index is 1030. The Labute approximate surface area is 149 Å². The fourth-order valence-corrected chi connectivity index (χ4v) is 3.53. The van der Waals surface area contributed by atoms with Crippen LogP contribution in [0.2, 0.25) is 0 Å². The van der Waals surface area contributed by atoms with Crippen LogP contribution in [-0.4, -0.2) is 20.7 Å². The van der Waals surface area contributed by atoms with Crippen molar-refractivity contribution in [3.05, 3.63) is 71.5 Å². The molecule has 0 bridgehead atoms. The van der Waals surface area contributed by atoms with Gasteiger partial charge in [0.25, 0.3) is 5.91 Å². The number of hydrogen-bond donors (Lipinski definition) is 1. The van der Waals surface area contributed by atoms with E-state index in [1.54, 1.807) is 10.9 Å². The predicted molar refractivity (Wildman–Crippen MR) is 101 cm³/mol. The van der Waals surface area contributed by atoms with Crippen molar-refractivity contribution in [1.82, 2.24) is 14.8 Å². The number of aromatic nitrogens is 3. The van der Waals surface area contributed by atoms with Crippen LogP contribution >= 0.6 is 11.3 Å². The van der Waals surface area contributed by atoms with Crippen LogP contribution in [0.3, 0.4) is 0 Å². The lowest BCUT2D eigenvalue weighted by molar-refractivity contribution is 0.102. The average molecular weight is 348 g/mol. The highest BCUT2D eigenvalue weighted by atomic mass is 32.1. The summed E-state index contributed by atoms with van der Waals surface area (Å²) >= 11 is 1.46. The first-order valence-electron chi connectivity index (χ1n) is 7.90. The molecule has 0 saturated carbocycles. The van der Waals surface area contributed by atoms with Crippen LogP contribution in [0, 0.1) is 13.8 Å². The Balaban J connectivity index is 1.61. The van der Waals surface area contributed by atoms with Gasteiger partial charge in [0.1, 0.15) is 0 Å². The van der Waals surface area contributed by atoms with Crippen LogP contribution in [0.1, 0.15) is 21.6 Å². The molecule has 1 amide bonds. The number of thiazole rings is 1. The van der Waals surface area contributed by atoms with Gasteiger partial charge in [0.15, 0.2) is 5.13 Å². The minimum Gasteiger partial charge on any atom is -0.298 e. The summed E-state index contributed by atoms with van der Waals surface area (Å²) < 4.78 is 2.82. The van der Waals surface area contributed by atoms with Crippen LogP contribution in [0.25, 0.3) is 15.9 Å². The quantitative estimate of drug-likeness (QED) is 0.599. The maximum Gasteiger partial charge on any atom is 0.260 e. The van der Waals surface area contributed by atoms with Gasteiger partial charge in [-0.15, -0.1) is 0 Å². The third kappa shape index (κ3) is 2.92. The molecule has 5 nitrogen and oxygen atoms in total. The summed E-state index contributed by atoms with van der Waals surface area (Å²) in [7, 11) is 0. The first kappa shape index (κ1) is 15.5. The molecular weight excluding hydrogens is 332 g/mol. The number of rotatable bonds is 3. The number of fused-ring (bicyclic) bond motifs is 1. The molecule has 0 atom stereocenters. The fourth-order valence-electron chi connectivity index (χ4n) is 2.67. The molecule has 0 unspecified atom stereocenters. The number of amides is 1. The van der Waals surface area contributed by atoms with E-state index >= 15 is 0 Å². The van der Waals surface area contributed by atoms with E-state index in [0.717, 1.165) is 21.6 Å². The molecule has 0 aliphatic rings. The lowest BCUT2D eigenvalue weighted by atomic mass is 10.2. The SMILES string of the molecule is Cc1ccc(-n2ncc(C(=O)Nc3nc4ccccc4s3)c2C)cc1. The van der Waals surface area contributed by atoms with Gasteiger partial charge in [-0.1, -0.05) is 41.2 Å². The Morgan fingerprint density at radius 1 is 1.08 bits per heavy atom. The summed E-state index contributed by atoms with van der Waals surface area (Å²) in [6.07, 6.45) is 1.60. The Hall–Kier alpha value is -2.99. The average Bonchev–Trinajstić information content (AvgIpc) is 3.18. The molecule has 0 radical (unpaired) electrons. The zero-order valence-corrected chi connectivity index (χ0v) is 14.7. The van der Waals surface area contributed by atoms with Gasteiger partial charge in [-0.2, -0.15) is 5.10 Å². The second-order valence-electron chi connectivity index (χ2n) is 5.83. The van der Waals surface area contributed by atoms with E-state index in [1.807, 2.05) is 62.4 Å². The zero-order valence-electron chi connectivity index (χ0n) is 13.9. The first-order valence-corrected chi connectivity index (χ1v) is 8.72. The zero-order chi connectivity index (χ0) is 17.4. The molecule has 2 aromatic heterocycles. The van der Waals surface area contributed by atoms with Gasteiger partial charge in [-0.3, -0.25) is 10.1 Å². The maximum atomic E-state index is 12.6. The lowest BCUT2D eigenvalue weighted by Gasteiger charge is -2.06. The molecule has 25 heavy (non-hydrogen) atoms. The number of nitrogens with zero attached hydrogens (tertiary/aromatic N) is 3. The number of carbonyl (C=O) groups is 1. The fraction of sp³-hybridized carbons (Fsp3) is 0.105. The summed E-state index contributed by atoms with van der Waals surface area (Å²) in [6, 6.07) is 15.8. The number of hydrogen-bond acceptors (Lipinski definition) is 4. The van der Waals surface area contributed by atoms with E-state index < -0.39 is 0 Å². The number of para-hydroxylation sites is 1. The minimum atomic E-state index is -0.199. The summed E-state index contributed by atoms with van der Waals surface area (Å²) in [5.41, 5.74) is 4.33. The highest BCUT2D eigenvalue weighted by Gasteiger charge is 2.16. The van der Waals surface area contributed by atoms with Crippen molar-refractivity contribution < 1.29 is 4.79 Å². The number of nitrogens with one attached hydrogen (secondary N) is 1. The number of aryl methyl sites for hydroxylation is 1. The monoisotopic (exact) mass is 348 g/mol. The topological polar surface area (TPSA) is 59.8 Å². The highest BCUT2D eigenvalue weighted by molar-refractivity contribution is 7.22. The minimum absolute atomic E-state index is 0.199. The van der Waals surface area contributed by atoms with Crippen molar-refractivity contribution in [2.45, 2.75) is 13.8 Å². The predicted octanol–water partition coefficient (Wildman–Crippen LogP) is 4.35. The number of carbonyl (C=O) groups excluding carboxylic acids is 1. The van der Waals surface area contributed by atoms with E-state index in [9.17, 15) is 4.79 Å². The summed E-state index contributed by atoms with van der Waals surface area (Å²) in [4.78, 5) is 17.1. The smallest absolute Gasteiger partial charge is 0.260 e. The molecule has 6 heteroatoms. The Kier molecular flexibility index (Phi) is 3.82. The van der Waals surface area contributed by atoms with Crippen LogP contribution in [0.4, 0.5) is 5.13 Å². The molecule has 2 heterocycles. The largest absolute Gasteiger partial charge is 0.298 e. The van der Waals surface area contributed by atoms with Crippen LogP contribution in [0.15, 0.2) is 54.7 Å². The van der Waals surface area contributed by atoms with Crippen molar-refractivity contribution in [2.24, 2.45) is 0 Å². The first-order chi connectivity index (χ1) is 12.1. The molecule has 0 aliphatic carbocycles. The van der Waals surface area contributed by atoms with Crippen LogP contribution in [0.5, 0.6) is 0 Å². The van der Waals surface area contributed by atoms with Crippen molar-refractivity contribution in [3.63, 3.8) is 0 Å². The molecule has 4 aromatic rings. The summed E-state index contributed by atoms with van der Waals surface area (Å²) in [5, 5.41) is 7.83.